The van der Waals surface area contributed by atoms with E-state index in [1.54, 1.807) is 0 Å². The molecule has 0 spiro atoms. The fraction of sp³-hybridized carbons (Fsp3) is 0. The molecule has 96 valence electrons. The van der Waals surface area contributed by atoms with Crippen molar-refractivity contribution < 1.29 is 29.6 Å². The van der Waals surface area contributed by atoms with Gasteiger partial charge in [-0.15, -0.1) is 0 Å². The molecule has 0 saturated heterocycles. The molecule has 0 radical (unpaired) electrons. The maximum atomic E-state index is 10.8. The first-order valence-corrected chi connectivity index (χ1v) is 4.12. The van der Waals surface area contributed by atoms with E-state index in [1.807, 2.05) is 0 Å². The van der Waals surface area contributed by atoms with Crippen LogP contribution in [0.5, 0.6) is 5.75 Å². The van der Waals surface area contributed by atoms with Crippen molar-refractivity contribution in [3.63, 3.8) is 0 Å². The minimum absolute atomic E-state index is 0.471. The lowest BCUT2D eigenvalue weighted by Crippen LogP contribution is -2.09. The van der Waals surface area contributed by atoms with E-state index in [1.165, 1.54) is 0 Å². The number of nitrogens with zero attached hydrogens (tertiary/aromatic N) is 2. The van der Waals surface area contributed by atoms with E-state index in [0.717, 1.165) is 0 Å². The number of hydrogen-bond donors (Lipinski definition) is 2. The molecule has 0 atom stereocenters. The molecular formula is C7H5N3O8. The zero-order valence-electron chi connectivity index (χ0n) is 8.43. The van der Waals surface area contributed by atoms with Gasteiger partial charge in [0.05, 0.1) is 22.0 Å². The number of carboxylic acids is 1. The Balaban J connectivity index is 3.60. The van der Waals surface area contributed by atoms with Crippen molar-refractivity contribution in [2.24, 2.45) is 5.90 Å². The van der Waals surface area contributed by atoms with Crippen molar-refractivity contribution in [1.82, 2.24) is 0 Å². The van der Waals surface area contributed by atoms with Crippen molar-refractivity contribution in [1.29, 1.82) is 0 Å². The van der Waals surface area contributed by atoms with Gasteiger partial charge in [-0.25, -0.2) is 4.79 Å². The number of nitro groups is 2. The molecule has 0 aliphatic heterocycles. The number of rotatable bonds is 5. The van der Waals surface area contributed by atoms with Crippen LogP contribution < -0.4 is 10.8 Å². The molecule has 11 heteroatoms. The van der Waals surface area contributed by atoms with Crippen LogP contribution in [0.25, 0.3) is 0 Å². The summed E-state index contributed by atoms with van der Waals surface area (Å²) in [6, 6.07) is 1.28. The molecule has 0 aromatic heterocycles. The number of nitrogens with two attached hydrogens (primary N) is 1. The Morgan fingerprint density at radius 3 is 1.94 bits per heavy atom. The van der Waals surface area contributed by atoms with E-state index < -0.39 is 38.5 Å². The van der Waals surface area contributed by atoms with Crippen molar-refractivity contribution in [2.75, 3.05) is 0 Å². The maximum Gasteiger partial charge on any atom is 0.349 e. The maximum absolute atomic E-state index is 10.8. The quantitative estimate of drug-likeness (QED) is 0.431. The second-order valence-corrected chi connectivity index (χ2v) is 2.84. The molecule has 0 fully saturated rings. The Morgan fingerprint density at radius 1 is 1.22 bits per heavy atom. The molecular weight excluding hydrogens is 254 g/mol. The summed E-state index contributed by atoms with van der Waals surface area (Å²) in [5.41, 5.74) is -3.08. The number of hydrogen-bond acceptors (Lipinski definition) is 8. The molecule has 11 nitrogen and oxygen atoms in total. The van der Waals surface area contributed by atoms with Gasteiger partial charge in [0.15, 0.2) is 5.75 Å². The fourth-order valence-corrected chi connectivity index (χ4v) is 1.20. The lowest BCUT2D eigenvalue weighted by atomic mass is 10.1. The standard InChI is InChI=1S/C7H5N3O8/c8-18-17-3-1-4(9(13)14)6(7(11)12)5(2-3)10(15)16/h1-2H,8H2,(H,11,12). The minimum Gasteiger partial charge on any atom is -0.477 e. The van der Waals surface area contributed by atoms with Crippen LogP contribution in [-0.2, 0) is 4.99 Å². The van der Waals surface area contributed by atoms with E-state index >= 15 is 0 Å². The van der Waals surface area contributed by atoms with Crippen LogP contribution >= 0.6 is 0 Å². The van der Waals surface area contributed by atoms with E-state index in [4.69, 9.17) is 5.11 Å². The SMILES string of the molecule is NOOc1cc([N+](=O)[O-])c(C(=O)O)c([N+](=O)[O-])c1. The highest BCUT2D eigenvalue weighted by Gasteiger charge is 2.32. The van der Waals surface area contributed by atoms with Gasteiger partial charge in [-0.3, -0.25) is 20.2 Å². The molecule has 0 aliphatic rings. The Labute approximate surface area is 97.5 Å². The van der Waals surface area contributed by atoms with Gasteiger partial charge >= 0.3 is 5.97 Å². The number of benzene rings is 1. The monoisotopic (exact) mass is 259 g/mol. The summed E-state index contributed by atoms with van der Waals surface area (Å²) in [5, 5.41) is 30.1. The Bertz CT molecular complexity index is 492. The topological polar surface area (TPSA) is 168 Å². The second kappa shape index (κ2) is 5.03. The lowest BCUT2D eigenvalue weighted by Gasteiger charge is -2.03. The van der Waals surface area contributed by atoms with Crippen LogP contribution in [0.15, 0.2) is 12.1 Å². The van der Waals surface area contributed by atoms with Gasteiger partial charge in [0.2, 0.25) is 5.56 Å². The van der Waals surface area contributed by atoms with Gasteiger partial charge in [0.25, 0.3) is 11.4 Å². The van der Waals surface area contributed by atoms with Crippen molar-refractivity contribution >= 4 is 17.3 Å². The third-order valence-electron chi connectivity index (χ3n) is 1.82. The van der Waals surface area contributed by atoms with E-state index in [-0.39, 0.29) is 0 Å². The summed E-state index contributed by atoms with van der Waals surface area (Å²) in [6.45, 7) is 0. The van der Waals surface area contributed by atoms with E-state index in [0.29, 0.717) is 12.1 Å². The first-order valence-electron chi connectivity index (χ1n) is 4.12. The van der Waals surface area contributed by atoms with Gasteiger partial charge in [-0.2, -0.15) is 5.90 Å². The first kappa shape index (κ1) is 13.3. The highest BCUT2D eigenvalue weighted by Crippen LogP contribution is 2.33. The third-order valence-corrected chi connectivity index (χ3v) is 1.82. The van der Waals surface area contributed by atoms with Crippen LogP contribution in [0.1, 0.15) is 10.4 Å². The molecule has 1 aromatic carbocycles. The lowest BCUT2D eigenvalue weighted by molar-refractivity contribution is -0.395. The highest BCUT2D eigenvalue weighted by atomic mass is 17.3. The van der Waals surface area contributed by atoms with Gasteiger partial charge in [-0.05, 0) is 0 Å². The molecule has 0 saturated carbocycles. The molecule has 3 N–H and O–H groups in total. The zero-order chi connectivity index (χ0) is 13.9. The molecule has 1 rings (SSSR count). The highest BCUT2D eigenvalue weighted by molar-refractivity contribution is 5.97. The van der Waals surface area contributed by atoms with Gasteiger partial charge in [0.1, 0.15) is 0 Å². The predicted octanol–water partition coefficient (Wildman–Crippen LogP) is 0.385. The smallest absolute Gasteiger partial charge is 0.349 e. The van der Waals surface area contributed by atoms with Crippen molar-refractivity contribution in [3.8, 4) is 5.75 Å². The summed E-state index contributed by atoms with van der Waals surface area (Å²) in [4.78, 5) is 37.8. The van der Waals surface area contributed by atoms with E-state index in [2.05, 4.69) is 15.8 Å². The minimum atomic E-state index is -1.81. The molecule has 0 unspecified atom stereocenters. The van der Waals surface area contributed by atoms with Crippen LogP contribution in [-0.4, -0.2) is 20.9 Å². The summed E-state index contributed by atoms with van der Waals surface area (Å²) in [5.74, 6) is 2.25. The largest absolute Gasteiger partial charge is 0.477 e. The Kier molecular flexibility index (Phi) is 3.71. The number of carboxylic acid groups (broad SMARTS) is 1. The van der Waals surface area contributed by atoms with Gasteiger partial charge in [-0.1, -0.05) is 4.99 Å². The Hall–Kier alpha value is -2.79. The van der Waals surface area contributed by atoms with Gasteiger partial charge < -0.3 is 9.99 Å². The molecule has 0 bridgehead atoms. The second-order valence-electron chi connectivity index (χ2n) is 2.84. The molecule has 18 heavy (non-hydrogen) atoms. The molecule has 1 aromatic rings. The fourth-order valence-electron chi connectivity index (χ4n) is 1.20. The summed E-state index contributed by atoms with van der Waals surface area (Å²) in [7, 11) is 0. The van der Waals surface area contributed by atoms with Crippen LogP contribution in [0.3, 0.4) is 0 Å². The van der Waals surface area contributed by atoms with Crippen LogP contribution in [0.2, 0.25) is 0 Å². The summed E-state index contributed by atoms with van der Waals surface area (Å²) >= 11 is 0. The number of carbonyl (C=O) groups is 1. The van der Waals surface area contributed by atoms with Crippen molar-refractivity contribution in [2.45, 2.75) is 0 Å². The summed E-state index contributed by atoms with van der Waals surface area (Å²) in [6.07, 6.45) is 0. The third kappa shape index (κ3) is 2.47. The van der Waals surface area contributed by atoms with Crippen LogP contribution in [0, 0.1) is 20.2 Å². The first-order chi connectivity index (χ1) is 8.38. The van der Waals surface area contributed by atoms with Crippen molar-refractivity contribution in [3.05, 3.63) is 37.9 Å². The zero-order valence-corrected chi connectivity index (χ0v) is 8.43. The van der Waals surface area contributed by atoms with E-state index in [9.17, 15) is 25.0 Å². The normalized spacial score (nSPS) is 9.83. The molecule has 0 heterocycles. The number of aromatic carboxylic acids is 1. The summed E-state index contributed by atoms with van der Waals surface area (Å²) < 4.78 is 0. The average Bonchev–Trinajstić information content (AvgIpc) is 2.27. The average molecular weight is 259 g/mol. The molecule has 0 aliphatic carbocycles. The van der Waals surface area contributed by atoms with Crippen LogP contribution in [0.4, 0.5) is 11.4 Å². The predicted molar refractivity (Wildman–Crippen MR) is 52.6 cm³/mol. The number of nitro benzene ring substituents is 2. The molecule has 0 amide bonds. The van der Waals surface area contributed by atoms with Gasteiger partial charge in [0, 0.05) is 0 Å². The Morgan fingerprint density at radius 2 is 1.67 bits per heavy atom.